The lowest BCUT2D eigenvalue weighted by Crippen LogP contribution is -2.16. The number of halogens is 1. The maximum Gasteiger partial charge on any atom is 0.129 e. The van der Waals surface area contributed by atoms with Gasteiger partial charge in [-0.3, -0.25) is 0 Å². The number of imidazole rings is 1. The summed E-state index contributed by atoms with van der Waals surface area (Å²) in [4.78, 5) is 4.47. The predicted molar refractivity (Wildman–Crippen MR) is 80.1 cm³/mol. The van der Waals surface area contributed by atoms with E-state index in [-0.39, 0.29) is 5.82 Å². The fourth-order valence-corrected chi connectivity index (χ4v) is 2.60. The van der Waals surface area contributed by atoms with Crippen molar-refractivity contribution in [2.24, 2.45) is 7.05 Å². The third-order valence-corrected chi connectivity index (χ3v) is 3.80. The fraction of sp³-hybridized carbons (Fsp3) is 0.400. The van der Waals surface area contributed by atoms with Crippen molar-refractivity contribution in [3.63, 3.8) is 0 Å². The summed E-state index contributed by atoms with van der Waals surface area (Å²) in [5, 5.41) is 0. The molecule has 0 unspecified atom stereocenters. The molecule has 4 heteroatoms. The van der Waals surface area contributed by atoms with E-state index in [1.54, 1.807) is 6.07 Å². The van der Waals surface area contributed by atoms with E-state index in [9.17, 15) is 4.39 Å². The normalized spacial score (nSPS) is 11.4. The molecule has 2 aromatic rings. The first kappa shape index (κ1) is 13.8. The zero-order chi connectivity index (χ0) is 14.0. The lowest BCUT2D eigenvalue weighted by Gasteiger charge is -2.03. The van der Waals surface area contributed by atoms with Crippen LogP contribution in [0.2, 0.25) is 19.6 Å². The molecule has 1 heterocycles. The van der Waals surface area contributed by atoms with Crippen LogP contribution in [0.5, 0.6) is 0 Å². The molecule has 0 saturated heterocycles. The summed E-state index contributed by atoms with van der Waals surface area (Å²) in [5.41, 5.74) is 5.03. The van der Waals surface area contributed by atoms with E-state index >= 15 is 0 Å². The first-order valence-corrected chi connectivity index (χ1v) is 9.98. The van der Waals surface area contributed by atoms with Crippen LogP contribution in [0.1, 0.15) is 12.2 Å². The molecule has 2 rings (SSSR count). The smallest absolute Gasteiger partial charge is 0.129 e. The molecule has 0 spiro atoms. The zero-order valence-electron chi connectivity index (χ0n) is 11.9. The van der Waals surface area contributed by atoms with Crippen LogP contribution >= 0.6 is 0 Å². The van der Waals surface area contributed by atoms with Gasteiger partial charge in [0, 0.05) is 26.0 Å². The van der Waals surface area contributed by atoms with Crippen LogP contribution in [0, 0.1) is 17.3 Å². The molecular weight excluding hydrogens is 255 g/mol. The van der Waals surface area contributed by atoms with Gasteiger partial charge in [0.2, 0.25) is 0 Å². The van der Waals surface area contributed by atoms with Gasteiger partial charge in [-0.25, -0.2) is 9.37 Å². The molecule has 0 radical (unpaired) electrons. The van der Waals surface area contributed by atoms with Crippen molar-refractivity contribution in [1.29, 1.82) is 0 Å². The summed E-state index contributed by atoms with van der Waals surface area (Å²) in [5.74, 6) is 3.96. The van der Waals surface area contributed by atoms with Gasteiger partial charge in [-0.1, -0.05) is 19.6 Å². The highest BCUT2D eigenvalue weighted by Crippen LogP contribution is 2.16. The Morgan fingerprint density at radius 1 is 1.32 bits per heavy atom. The Labute approximate surface area is 114 Å². The van der Waals surface area contributed by atoms with Gasteiger partial charge in [-0.05, 0) is 12.1 Å². The molecule has 1 aromatic carbocycles. The second-order valence-electron chi connectivity index (χ2n) is 5.77. The number of fused-ring (bicyclic) bond motifs is 1. The van der Waals surface area contributed by atoms with Crippen LogP contribution in [0.4, 0.5) is 4.39 Å². The Morgan fingerprint density at radius 2 is 2.05 bits per heavy atom. The van der Waals surface area contributed by atoms with E-state index in [0.717, 1.165) is 29.7 Å². The molecule has 0 N–H and O–H groups in total. The summed E-state index contributed by atoms with van der Waals surface area (Å²) >= 11 is 0. The molecule has 0 aliphatic heterocycles. The van der Waals surface area contributed by atoms with Crippen LogP contribution in [0.3, 0.4) is 0 Å². The Balaban J connectivity index is 2.17. The summed E-state index contributed by atoms with van der Waals surface area (Å²) in [7, 11) is 0.681. The Bertz CT molecular complexity index is 656. The highest BCUT2D eigenvalue weighted by molar-refractivity contribution is 6.83. The second kappa shape index (κ2) is 5.18. The molecule has 1 aromatic heterocycles. The van der Waals surface area contributed by atoms with Crippen molar-refractivity contribution >= 4 is 19.1 Å². The fourth-order valence-electron chi connectivity index (χ4n) is 1.95. The third kappa shape index (κ3) is 3.45. The molecule has 0 aliphatic rings. The number of aryl methyl sites for hydroxylation is 2. The topological polar surface area (TPSA) is 17.8 Å². The number of aromatic nitrogens is 2. The van der Waals surface area contributed by atoms with Gasteiger partial charge in [0.25, 0.3) is 0 Å². The minimum absolute atomic E-state index is 0.240. The van der Waals surface area contributed by atoms with E-state index in [4.69, 9.17) is 0 Å². The van der Waals surface area contributed by atoms with Crippen molar-refractivity contribution in [3.05, 3.63) is 29.8 Å². The van der Waals surface area contributed by atoms with Crippen LogP contribution in [0.15, 0.2) is 18.2 Å². The number of benzene rings is 1. The van der Waals surface area contributed by atoms with Gasteiger partial charge in [-0.15, -0.1) is 11.5 Å². The van der Waals surface area contributed by atoms with Crippen molar-refractivity contribution in [1.82, 2.24) is 9.55 Å². The lowest BCUT2D eigenvalue weighted by molar-refractivity contribution is 0.629. The molecule has 0 saturated carbocycles. The van der Waals surface area contributed by atoms with Crippen LogP contribution in [0.25, 0.3) is 11.0 Å². The van der Waals surface area contributed by atoms with Gasteiger partial charge >= 0.3 is 0 Å². The first-order chi connectivity index (χ1) is 8.87. The average molecular weight is 274 g/mol. The minimum Gasteiger partial charge on any atom is -0.331 e. The van der Waals surface area contributed by atoms with Crippen molar-refractivity contribution in [2.45, 2.75) is 32.5 Å². The van der Waals surface area contributed by atoms with E-state index in [1.165, 1.54) is 12.1 Å². The van der Waals surface area contributed by atoms with Crippen molar-refractivity contribution in [2.75, 3.05) is 0 Å². The van der Waals surface area contributed by atoms with Crippen molar-refractivity contribution < 1.29 is 4.39 Å². The maximum absolute atomic E-state index is 13.1. The van der Waals surface area contributed by atoms with E-state index < -0.39 is 8.07 Å². The highest BCUT2D eigenvalue weighted by atomic mass is 28.3. The predicted octanol–water partition coefficient (Wildman–Crippen LogP) is 3.53. The molecule has 0 fully saturated rings. The van der Waals surface area contributed by atoms with Crippen LogP contribution in [-0.2, 0) is 13.5 Å². The Hall–Kier alpha value is -1.60. The van der Waals surface area contributed by atoms with Crippen LogP contribution in [-0.4, -0.2) is 17.6 Å². The van der Waals surface area contributed by atoms with E-state index in [2.05, 4.69) is 36.1 Å². The molecule has 0 atom stereocenters. The molecular formula is C15H19FN2Si. The summed E-state index contributed by atoms with van der Waals surface area (Å²) in [6.45, 7) is 6.70. The van der Waals surface area contributed by atoms with Gasteiger partial charge in [0.1, 0.15) is 19.7 Å². The summed E-state index contributed by atoms with van der Waals surface area (Å²) in [6, 6.07) is 4.72. The summed E-state index contributed by atoms with van der Waals surface area (Å²) < 4.78 is 15.2. The molecule has 0 aliphatic carbocycles. The first-order valence-electron chi connectivity index (χ1n) is 6.48. The largest absolute Gasteiger partial charge is 0.331 e. The second-order valence-corrected chi connectivity index (χ2v) is 10.5. The van der Waals surface area contributed by atoms with Crippen molar-refractivity contribution in [3.8, 4) is 11.5 Å². The van der Waals surface area contributed by atoms with Gasteiger partial charge in [0.05, 0.1) is 11.0 Å². The molecule has 2 nitrogen and oxygen atoms in total. The zero-order valence-corrected chi connectivity index (χ0v) is 12.9. The molecule has 100 valence electrons. The van der Waals surface area contributed by atoms with E-state index in [0.29, 0.717) is 0 Å². The lowest BCUT2D eigenvalue weighted by atomic mass is 10.3. The van der Waals surface area contributed by atoms with Crippen LogP contribution < -0.4 is 0 Å². The Kier molecular flexibility index (Phi) is 3.77. The number of hydrogen-bond acceptors (Lipinski definition) is 1. The summed E-state index contributed by atoms with van der Waals surface area (Å²) in [6.07, 6.45) is 1.62. The third-order valence-electron chi connectivity index (χ3n) is 2.87. The number of rotatable bonds is 2. The maximum atomic E-state index is 13.1. The van der Waals surface area contributed by atoms with E-state index in [1.807, 2.05) is 11.6 Å². The number of nitrogens with zero attached hydrogens (tertiary/aromatic N) is 2. The Morgan fingerprint density at radius 3 is 2.74 bits per heavy atom. The number of hydrogen-bond donors (Lipinski definition) is 0. The van der Waals surface area contributed by atoms with Gasteiger partial charge in [0.15, 0.2) is 0 Å². The average Bonchev–Trinajstić information content (AvgIpc) is 2.60. The van der Waals surface area contributed by atoms with Gasteiger partial charge < -0.3 is 4.57 Å². The van der Waals surface area contributed by atoms with Gasteiger partial charge in [-0.2, -0.15) is 0 Å². The molecule has 0 amide bonds. The molecule has 0 bridgehead atoms. The quantitative estimate of drug-likeness (QED) is 0.605. The molecule has 19 heavy (non-hydrogen) atoms. The monoisotopic (exact) mass is 274 g/mol. The minimum atomic E-state index is -1.29. The highest BCUT2D eigenvalue weighted by Gasteiger charge is 2.09. The SMILES string of the molecule is Cn1c(CCC#C[Si](C)(C)C)nc2cc(F)ccc21. The standard InChI is InChI=1S/C15H19FN2Si/c1-18-14-9-8-12(16)11-13(14)17-15(18)7-5-6-10-19(2,3)4/h8-9,11H,5,7H2,1-4H3.